The zero-order chi connectivity index (χ0) is 23.0. The molecule has 0 radical (unpaired) electrons. The SMILES string of the molecule is CCc1ccc(C(=O)Nc2ccc(N3CCCC3)c(C(=O)NCCN3CCOCC3)c2)cc1. The van der Waals surface area contributed by atoms with E-state index in [1.807, 2.05) is 36.4 Å². The minimum Gasteiger partial charge on any atom is -0.379 e. The van der Waals surface area contributed by atoms with E-state index in [2.05, 4.69) is 27.4 Å². The van der Waals surface area contributed by atoms with Crippen LogP contribution in [0.25, 0.3) is 0 Å². The molecule has 0 bridgehead atoms. The largest absolute Gasteiger partial charge is 0.379 e. The van der Waals surface area contributed by atoms with Gasteiger partial charge in [-0.05, 0) is 55.2 Å². The van der Waals surface area contributed by atoms with Crippen molar-refractivity contribution in [1.82, 2.24) is 10.2 Å². The molecule has 7 heteroatoms. The van der Waals surface area contributed by atoms with Crippen molar-refractivity contribution in [3.8, 4) is 0 Å². The van der Waals surface area contributed by atoms with E-state index >= 15 is 0 Å². The van der Waals surface area contributed by atoms with Gasteiger partial charge in [-0.15, -0.1) is 0 Å². The summed E-state index contributed by atoms with van der Waals surface area (Å²) < 4.78 is 5.39. The monoisotopic (exact) mass is 450 g/mol. The molecule has 2 heterocycles. The highest BCUT2D eigenvalue weighted by atomic mass is 16.5. The van der Waals surface area contributed by atoms with Crippen molar-refractivity contribution in [3.05, 3.63) is 59.2 Å². The maximum atomic E-state index is 13.1. The van der Waals surface area contributed by atoms with Crippen LogP contribution in [0.2, 0.25) is 0 Å². The molecule has 176 valence electrons. The highest BCUT2D eigenvalue weighted by Gasteiger charge is 2.21. The molecule has 2 aromatic rings. The lowest BCUT2D eigenvalue weighted by Crippen LogP contribution is -2.41. The summed E-state index contributed by atoms with van der Waals surface area (Å²) in [6.07, 6.45) is 3.19. The molecule has 2 aliphatic rings. The van der Waals surface area contributed by atoms with E-state index in [0.29, 0.717) is 23.4 Å². The number of benzene rings is 2. The van der Waals surface area contributed by atoms with E-state index in [4.69, 9.17) is 4.74 Å². The highest BCUT2D eigenvalue weighted by Crippen LogP contribution is 2.28. The molecule has 2 aromatic carbocycles. The van der Waals surface area contributed by atoms with E-state index < -0.39 is 0 Å². The third-order valence-corrected chi connectivity index (χ3v) is 6.39. The Bertz CT molecular complexity index is 949. The first-order valence-electron chi connectivity index (χ1n) is 12.0. The average Bonchev–Trinajstić information content (AvgIpc) is 3.39. The summed E-state index contributed by atoms with van der Waals surface area (Å²) in [7, 11) is 0. The maximum absolute atomic E-state index is 13.1. The van der Waals surface area contributed by atoms with Crippen molar-refractivity contribution in [2.24, 2.45) is 0 Å². The van der Waals surface area contributed by atoms with Gasteiger partial charge in [0.2, 0.25) is 0 Å². The lowest BCUT2D eigenvalue weighted by Gasteiger charge is -2.26. The molecule has 2 N–H and O–H groups in total. The van der Waals surface area contributed by atoms with Crippen LogP contribution >= 0.6 is 0 Å². The molecule has 0 saturated carbocycles. The van der Waals surface area contributed by atoms with Gasteiger partial charge in [-0.1, -0.05) is 19.1 Å². The van der Waals surface area contributed by atoms with Crippen LogP contribution < -0.4 is 15.5 Å². The first-order chi connectivity index (χ1) is 16.1. The third-order valence-electron chi connectivity index (χ3n) is 6.39. The molecule has 2 aliphatic heterocycles. The van der Waals surface area contributed by atoms with Crippen LogP contribution in [0.4, 0.5) is 11.4 Å². The Kier molecular flexibility index (Phi) is 7.96. The van der Waals surface area contributed by atoms with E-state index in [1.165, 1.54) is 5.56 Å². The predicted molar refractivity (Wildman–Crippen MR) is 131 cm³/mol. The van der Waals surface area contributed by atoms with Crippen LogP contribution in [0, 0.1) is 0 Å². The highest BCUT2D eigenvalue weighted by molar-refractivity contribution is 6.06. The van der Waals surface area contributed by atoms with Crippen LogP contribution in [0.3, 0.4) is 0 Å². The van der Waals surface area contributed by atoms with E-state index in [1.54, 1.807) is 6.07 Å². The number of carbonyl (C=O) groups excluding carboxylic acids is 2. The van der Waals surface area contributed by atoms with Crippen LogP contribution in [-0.4, -0.2) is 69.2 Å². The van der Waals surface area contributed by atoms with Gasteiger partial charge < -0.3 is 20.3 Å². The Balaban J connectivity index is 1.46. The zero-order valence-corrected chi connectivity index (χ0v) is 19.4. The molecule has 0 aromatic heterocycles. The Morgan fingerprint density at radius 2 is 1.67 bits per heavy atom. The Morgan fingerprint density at radius 3 is 2.36 bits per heavy atom. The van der Waals surface area contributed by atoms with Crippen LogP contribution in [-0.2, 0) is 11.2 Å². The van der Waals surface area contributed by atoms with Crippen LogP contribution in [0.5, 0.6) is 0 Å². The first kappa shape index (κ1) is 23.3. The van der Waals surface area contributed by atoms with E-state index in [-0.39, 0.29) is 11.8 Å². The Morgan fingerprint density at radius 1 is 0.939 bits per heavy atom. The molecule has 2 amide bonds. The topological polar surface area (TPSA) is 73.9 Å². The summed E-state index contributed by atoms with van der Waals surface area (Å²) >= 11 is 0. The van der Waals surface area contributed by atoms with Gasteiger partial charge in [-0.2, -0.15) is 0 Å². The lowest BCUT2D eigenvalue weighted by atomic mass is 10.1. The normalized spacial score (nSPS) is 16.6. The van der Waals surface area contributed by atoms with Gasteiger partial charge in [0, 0.05) is 56.2 Å². The second-order valence-corrected chi connectivity index (χ2v) is 8.64. The Labute approximate surface area is 196 Å². The van der Waals surface area contributed by atoms with Gasteiger partial charge >= 0.3 is 0 Å². The summed E-state index contributed by atoms with van der Waals surface area (Å²) in [5.74, 6) is -0.279. The molecule has 33 heavy (non-hydrogen) atoms. The molecular formula is C26H34N4O3. The molecular weight excluding hydrogens is 416 g/mol. The van der Waals surface area contributed by atoms with Crippen molar-refractivity contribution in [3.63, 3.8) is 0 Å². The number of amides is 2. The van der Waals surface area contributed by atoms with Gasteiger partial charge in [0.1, 0.15) is 0 Å². The van der Waals surface area contributed by atoms with E-state index in [9.17, 15) is 9.59 Å². The summed E-state index contributed by atoms with van der Waals surface area (Å²) in [5.41, 5.74) is 3.96. The standard InChI is InChI=1S/C26H34N4O3/c1-2-20-5-7-21(8-6-20)25(31)28-22-9-10-24(30-12-3-4-13-30)23(19-22)26(32)27-11-14-29-15-17-33-18-16-29/h5-10,19H,2-4,11-18H2,1H3,(H,27,32)(H,28,31). The van der Waals surface area contributed by atoms with Crippen molar-refractivity contribution < 1.29 is 14.3 Å². The first-order valence-corrected chi connectivity index (χ1v) is 12.0. The molecule has 0 spiro atoms. The van der Waals surface area contributed by atoms with Gasteiger partial charge in [0.15, 0.2) is 0 Å². The number of anilines is 2. The predicted octanol–water partition coefficient (Wildman–Crippen LogP) is 3.16. The molecule has 2 saturated heterocycles. The number of nitrogens with one attached hydrogen (secondary N) is 2. The second kappa shape index (κ2) is 11.3. The van der Waals surface area contributed by atoms with Crippen LogP contribution in [0.15, 0.2) is 42.5 Å². The lowest BCUT2D eigenvalue weighted by molar-refractivity contribution is 0.0383. The summed E-state index contributed by atoms with van der Waals surface area (Å²) in [6.45, 7) is 8.66. The fourth-order valence-corrected chi connectivity index (χ4v) is 4.37. The van der Waals surface area contributed by atoms with Crippen molar-refractivity contribution in [2.45, 2.75) is 26.2 Å². The van der Waals surface area contributed by atoms with Crippen molar-refractivity contribution >= 4 is 23.2 Å². The average molecular weight is 451 g/mol. The number of rotatable bonds is 8. The minimum absolute atomic E-state index is 0.103. The Hall–Kier alpha value is -2.90. The smallest absolute Gasteiger partial charge is 0.255 e. The molecule has 0 unspecified atom stereocenters. The number of ether oxygens (including phenoxy) is 1. The maximum Gasteiger partial charge on any atom is 0.255 e. The van der Waals surface area contributed by atoms with Gasteiger partial charge in [0.25, 0.3) is 11.8 Å². The molecule has 2 fully saturated rings. The van der Waals surface area contributed by atoms with Crippen molar-refractivity contribution in [1.29, 1.82) is 0 Å². The second-order valence-electron chi connectivity index (χ2n) is 8.64. The molecule has 4 rings (SSSR count). The third kappa shape index (κ3) is 6.12. The summed E-state index contributed by atoms with van der Waals surface area (Å²) in [5, 5.41) is 6.03. The quantitative estimate of drug-likeness (QED) is 0.646. The number of carbonyl (C=O) groups is 2. The number of nitrogens with zero attached hydrogens (tertiary/aromatic N) is 2. The van der Waals surface area contributed by atoms with Gasteiger partial charge in [-0.25, -0.2) is 0 Å². The number of morpholine rings is 1. The molecule has 0 atom stereocenters. The zero-order valence-electron chi connectivity index (χ0n) is 19.4. The van der Waals surface area contributed by atoms with Crippen molar-refractivity contribution in [2.75, 3.05) is 62.7 Å². The van der Waals surface area contributed by atoms with Gasteiger partial charge in [-0.3, -0.25) is 14.5 Å². The molecule has 0 aliphatic carbocycles. The summed E-state index contributed by atoms with van der Waals surface area (Å²) in [4.78, 5) is 30.4. The van der Waals surface area contributed by atoms with Crippen LogP contribution in [0.1, 0.15) is 46.0 Å². The number of hydrogen-bond donors (Lipinski definition) is 2. The fraction of sp³-hybridized carbons (Fsp3) is 0.462. The number of aryl methyl sites for hydroxylation is 1. The summed E-state index contributed by atoms with van der Waals surface area (Å²) in [6, 6.07) is 13.3. The fourth-order valence-electron chi connectivity index (χ4n) is 4.37. The molecule has 7 nitrogen and oxygen atoms in total. The van der Waals surface area contributed by atoms with Gasteiger partial charge in [0.05, 0.1) is 18.8 Å². The minimum atomic E-state index is -0.176. The van der Waals surface area contributed by atoms with E-state index in [0.717, 1.165) is 70.9 Å². The number of hydrogen-bond acceptors (Lipinski definition) is 5.